The van der Waals surface area contributed by atoms with Crippen molar-refractivity contribution >= 4 is 11.9 Å². The second kappa shape index (κ2) is 4.53. The minimum atomic E-state index is -0.270. The Labute approximate surface area is 107 Å². The van der Waals surface area contributed by atoms with E-state index in [1.807, 2.05) is 0 Å². The van der Waals surface area contributed by atoms with Crippen LogP contribution in [0.15, 0.2) is 0 Å². The van der Waals surface area contributed by atoms with Crippen LogP contribution in [0.2, 0.25) is 0 Å². The van der Waals surface area contributed by atoms with E-state index in [0.29, 0.717) is 6.42 Å². The van der Waals surface area contributed by atoms with Crippen molar-refractivity contribution in [1.29, 1.82) is 0 Å². The third kappa shape index (κ3) is 2.23. The van der Waals surface area contributed by atoms with Crippen LogP contribution in [0, 0.1) is 11.3 Å². The first-order valence-electron chi connectivity index (χ1n) is 6.37. The molecule has 0 N–H and O–H groups in total. The number of carbonyl (C=O) groups is 2. The second-order valence-corrected chi connectivity index (χ2v) is 6.17. The lowest BCUT2D eigenvalue weighted by Gasteiger charge is -2.31. The van der Waals surface area contributed by atoms with E-state index in [1.54, 1.807) is 0 Å². The van der Waals surface area contributed by atoms with Crippen molar-refractivity contribution < 1.29 is 19.1 Å². The highest BCUT2D eigenvalue weighted by Gasteiger charge is 2.53. The van der Waals surface area contributed by atoms with Gasteiger partial charge in [0.2, 0.25) is 0 Å². The third-order valence-electron chi connectivity index (χ3n) is 3.73. The number of methoxy groups -OCH3 is 1. The quantitative estimate of drug-likeness (QED) is 0.693. The maximum absolute atomic E-state index is 12.0. The Balaban J connectivity index is 2.11. The van der Waals surface area contributed by atoms with Crippen LogP contribution in [0.25, 0.3) is 0 Å². The molecule has 2 heterocycles. The molecule has 0 aliphatic carbocycles. The predicted octanol–water partition coefficient (Wildman–Crippen LogP) is 1.17. The molecule has 2 aliphatic rings. The predicted molar refractivity (Wildman–Crippen MR) is 64.6 cm³/mol. The van der Waals surface area contributed by atoms with Crippen LogP contribution in [-0.4, -0.2) is 42.8 Å². The second-order valence-electron chi connectivity index (χ2n) is 6.17. The zero-order valence-electron chi connectivity index (χ0n) is 11.4. The highest BCUT2D eigenvalue weighted by Crippen LogP contribution is 2.40. The molecular formula is C13H21NO4. The summed E-state index contributed by atoms with van der Waals surface area (Å²) >= 11 is 0. The molecule has 0 aromatic carbocycles. The lowest BCUT2D eigenvalue weighted by atomic mass is 9.93. The standard InChI is InChI=1S/C13H21NO4/c1-13(2,3)12-14-6-5-8(7-9(15)17-4)10(14)11(16)18-12/h8,10,12H,5-7H2,1-4H3. The number of carbonyl (C=O) groups excluding carboxylic acids is 2. The number of cyclic esters (lactones) is 1. The van der Waals surface area contributed by atoms with Gasteiger partial charge in [0.15, 0.2) is 6.23 Å². The SMILES string of the molecule is COC(=O)CC1CCN2C1C(=O)OC2C(C)(C)C. The Hall–Kier alpha value is -1.10. The lowest BCUT2D eigenvalue weighted by Crippen LogP contribution is -2.42. The molecule has 2 fully saturated rings. The van der Waals surface area contributed by atoms with Gasteiger partial charge in [-0.1, -0.05) is 20.8 Å². The van der Waals surface area contributed by atoms with Gasteiger partial charge in [0, 0.05) is 12.0 Å². The van der Waals surface area contributed by atoms with Crippen LogP contribution >= 0.6 is 0 Å². The molecule has 3 unspecified atom stereocenters. The third-order valence-corrected chi connectivity index (χ3v) is 3.73. The van der Waals surface area contributed by atoms with Gasteiger partial charge in [-0.3, -0.25) is 14.5 Å². The summed E-state index contributed by atoms with van der Waals surface area (Å²) in [6, 6.07) is -0.270. The summed E-state index contributed by atoms with van der Waals surface area (Å²) in [5, 5.41) is 0. The van der Waals surface area contributed by atoms with E-state index in [9.17, 15) is 9.59 Å². The van der Waals surface area contributed by atoms with Crippen molar-refractivity contribution in [3.05, 3.63) is 0 Å². The van der Waals surface area contributed by atoms with Crippen LogP contribution in [0.1, 0.15) is 33.6 Å². The summed E-state index contributed by atoms with van der Waals surface area (Å²) in [6.45, 7) is 6.98. The number of esters is 2. The van der Waals surface area contributed by atoms with Crippen molar-refractivity contribution in [3.63, 3.8) is 0 Å². The molecule has 0 spiro atoms. The molecule has 5 nitrogen and oxygen atoms in total. The summed E-state index contributed by atoms with van der Waals surface area (Å²) < 4.78 is 10.2. The van der Waals surface area contributed by atoms with Crippen molar-refractivity contribution in [2.24, 2.45) is 11.3 Å². The van der Waals surface area contributed by atoms with E-state index in [0.717, 1.165) is 13.0 Å². The summed E-state index contributed by atoms with van der Waals surface area (Å²) in [7, 11) is 1.37. The van der Waals surface area contributed by atoms with Crippen LogP contribution in [-0.2, 0) is 19.1 Å². The van der Waals surface area contributed by atoms with Gasteiger partial charge in [-0.25, -0.2) is 0 Å². The molecule has 0 radical (unpaired) electrons. The van der Waals surface area contributed by atoms with Gasteiger partial charge < -0.3 is 9.47 Å². The zero-order valence-corrected chi connectivity index (χ0v) is 11.4. The Bertz CT molecular complexity index is 360. The van der Waals surface area contributed by atoms with Gasteiger partial charge in [-0.15, -0.1) is 0 Å². The number of hydrogen-bond acceptors (Lipinski definition) is 5. The molecule has 18 heavy (non-hydrogen) atoms. The minimum Gasteiger partial charge on any atom is -0.469 e. The maximum atomic E-state index is 12.0. The molecular weight excluding hydrogens is 234 g/mol. The van der Waals surface area contributed by atoms with Gasteiger partial charge in [0.05, 0.1) is 13.5 Å². The summed E-state index contributed by atoms with van der Waals surface area (Å²) in [5.74, 6) is -0.424. The number of fused-ring (bicyclic) bond motifs is 1. The average Bonchev–Trinajstić information content (AvgIpc) is 2.80. The maximum Gasteiger partial charge on any atom is 0.325 e. The van der Waals surface area contributed by atoms with Crippen LogP contribution in [0.5, 0.6) is 0 Å². The van der Waals surface area contributed by atoms with E-state index >= 15 is 0 Å². The molecule has 102 valence electrons. The highest BCUT2D eigenvalue weighted by molar-refractivity contribution is 5.80. The summed E-state index contributed by atoms with van der Waals surface area (Å²) in [5.41, 5.74) is -0.107. The minimum absolute atomic E-state index is 0.0253. The fourth-order valence-corrected chi connectivity index (χ4v) is 2.91. The van der Waals surface area contributed by atoms with Crippen LogP contribution < -0.4 is 0 Å². The fourth-order valence-electron chi connectivity index (χ4n) is 2.91. The van der Waals surface area contributed by atoms with Crippen LogP contribution in [0.3, 0.4) is 0 Å². The number of nitrogens with zero attached hydrogens (tertiary/aromatic N) is 1. The molecule has 0 amide bonds. The molecule has 0 aromatic rings. The van der Waals surface area contributed by atoms with Gasteiger partial charge in [0.25, 0.3) is 0 Å². The molecule has 5 heteroatoms. The largest absolute Gasteiger partial charge is 0.469 e. The van der Waals surface area contributed by atoms with Gasteiger partial charge in [0.1, 0.15) is 6.04 Å². The van der Waals surface area contributed by atoms with Crippen molar-refractivity contribution in [3.8, 4) is 0 Å². The number of hydrogen-bond donors (Lipinski definition) is 0. The van der Waals surface area contributed by atoms with E-state index in [-0.39, 0.29) is 35.5 Å². The van der Waals surface area contributed by atoms with Crippen molar-refractivity contribution in [2.75, 3.05) is 13.7 Å². The Morgan fingerprint density at radius 2 is 2.17 bits per heavy atom. The fraction of sp³-hybridized carbons (Fsp3) is 0.846. The molecule has 2 rings (SSSR count). The first-order chi connectivity index (χ1) is 8.34. The molecule has 3 atom stereocenters. The normalized spacial score (nSPS) is 32.2. The summed E-state index contributed by atoms with van der Waals surface area (Å²) in [4.78, 5) is 25.4. The van der Waals surface area contributed by atoms with E-state index < -0.39 is 0 Å². The lowest BCUT2D eigenvalue weighted by molar-refractivity contribution is -0.149. The molecule has 0 aromatic heterocycles. The van der Waals surface area contributed by atoms with E-state index in [1.165, 1.54) is 7.11 Å². The molecule has 2 aliphatic heterocycles. The zero-order chi connectivity index (χ0) is 13.5. The smallest absolute Gasteiger partial charge is 0.325 e. The van der Waals surface area contributed by atoms with Crippen molar-refractivity contribution in [2.45, 2.75) is 45.9 Å². The van der Waals surface area contributed by atoms with Gasteiger partial charge >= 0.3 is 11.9 Å². The van der Waals surface area contributed by atoms with Crippen LogP contribution in [0.4, 0.5) is 0 Å². The van der Waals surface area contributed by atoms with Gasteiger partial charge in [-0.05, 0) is 12.3 Å². The molecule has 2 saturated heterocycles. The molecule has 0 bridgehead atoms. The average molecular weight is 255 g/mol. The first-order valence-corrected chi connectivity index (χ1v) is 6.37. The highest BCUT2D eigenvalue weighted by atomic mass is 16.6. The summed E-state index contributed by atoms with van der Waals surface area (Å²) in [6.07, 6.45) is 0.961. The number of ether oxygens (including phenoxy) is 2. The topological polar surface area (TPSA) is 55.8 Å². The van der Waals surface area contributed by atoms with Crippen molar-refractivity contribution in [1.82, 2.24) is 4.90 Å². The Kier molecular flexibility index (Phi) is 3.36. The van der Waals surface area contributed by atoms with E-state index in [4.69, 9.17) is 4.74 Å². The number of rotatable bonds is 2. The first kappa shape index (κ1) is 13.3. The molecule has 0 saturated carbocycles. The Morgan fingerprint density at radius 1 is 1.50 bits per heavy atom. The Morgan fingerprint density at radius 3 is 2.72 bits per heavy atom. The monoisotopic (exact) mass is 255 g/mol. The van der Waals surface area contributed by atoms with Gasteiger partial charge in [-0.2, -0.15) is 0 Å². The van der Waals surface area contributed by atoms with E-state index in [2.05, 4.69) is 30.4 Å².